The molecule has 0 aliphatic heterocycles. The monoisotopic (exact) mass is 918 g/mol. The number of hydrogen-bond donors (Lipinski definition) is 0. The van der Waals surface area contributed by atoms with Gasteiger partial charge in [0, 0.05) is 38.7 Å². The summed E-state index contributed by atoms with van der Waals surface area (Å²) >= 11 is 7.63. The van der Waals surface area contributed by atoms with E-state index >= 15 is 0 Å². The molecule has 2 aliphatic rings. The maximum Gasteiger partial charge on any atom is 0.0714 e. The van der Waals surface area contributed by atoms with Gasteiger partial charge in [0.1, 0.15) is 0 Å². The third-order valence-electron chi connectivity index (χ3n) is 14.6. The Kier molecular flexibility index (Phi) is 8.93. The molecule has 0 N–H and O–H groups in total. The fraction of sp³-hybridized carbons (Fsp3) is 0.129. The molecule has 0 unspecified atom stereocenters. The van der Waals surface area contributed by atoms with Gasteiger partial charge in [0.15, 0.2) is 0 Å². The molecule has 0 bridgehead atoms. The lowest BCUT2D eigenvalue weighted by Crippen LogP contribution is -2.30. The summed E-state index contributed by atoms with van der Waals surface area (Å²) in [5.41, 5.74) is 19.8. The van der Waals surface area contributed by atoms with Crippen LogP contribution in [0, 0.1) is 41.5 Å². The maximum atomic E-state index is 2.64. The molecule has 0 atom stereocenters. The Bertz CT molecular complexity index is 3390. The van der Waals surface area contributed by atoms with E-state index in [1.54, 1.807) is 0 Å². The van der Waals surface area contributed by atoms with E-state index in [1.165, 1.54) is 138 Å². The fourth-order valence-corrected chi connectivity index (χ4v) is 15.4. The first-order chi connectivity index (χ1) is 32.1. The lowest BCUT2D eigenvalue weighted by atomic mass is 9.65. The van der Waals surface area contributed by atoms with Crippen LogP contribution in [0.3, 0.4) is 0 Å². The van der Waals surface area contributed by atoms with Crippen LogP contribution in [0.1, 0.15) is 76.5 Å². The molecule has 4 heterocycles. The lowest BCUT2D eigenvalue weighted by molar-refractivity contribution is 0.759. The largest absolute Gasteiger partial charge is 0.140 e. The number of thiophene rings is 4. The van der Waals surface area contributed by atoms with Crippen LogP contribution < -0.4 is 0 Å². The molecule has 11 aromatic rings. The Morgan fingerprint density at radius 1 is 0.273 bits per heavy atom. The van der Waals surface area contributed by atoms with Gasteiger partial charge in [-0.05, 0) is 192 Å². The topological polar surface area (TPSA) is 0 Å². The van der Waals surface area contributed by atoms with Crippen LogP contribution in [-0.2, 0) is 10.8 Å². The molecule has 0 radical (unpaired) electrons. The van der Waals surface area contributed by atoms with Gasteiger partial charge in [-0.1, -0.05) is 119 Å². The average molecular weight is 919 g/mol. The molecule has 318 valence electrons. The van der Waals surface area contributed by atoms with Crippen molar-refractivity contribution < 1.29 is 0 Å². The Hall–Kier alpha value is -6.14. The van der Waals surface area contributed by atoms with Gasteiger partial charge in [-0.25, -0.2) is 0 Å². The Balaban J connectivity index is 1.18. The highest BCUT2D eigenvalue weighted by atomic mass is 32.1. The summed E-state index contributed by atoms with van der Waals surface area (Å²) in [6, 6.07) is 67.2. The molecule has 0 nitrogen and oxygen atoms in total. The van der Waals surface area contributed by atoms with Crippen LogP contribution in [0.25, 0.3) is 61.9 Å². The molecule has 0 saturated heterocycles. The molecule has 4 aromatic heterocycles. The molecule has 0 fully saturated rings. The predicted octanol–water partition coefficient (Wildman–Crippen LogP) is 18.1. The average Bonchev–Trinajstić information content (AvgIpc) is 4.19. The first-order valence-corrected chi connectivity index (χ1v) is 26.1. The van der Waals surface area contributed by atoms with Crippen molar-refractivity contribution in [3.8, 4) is 41.8 Å². The van der Waals surface area contributed by atoms with Gasteiger partial charge in [-0.3, -0.25) is 0 Å². The molecule has 4 heteroatoms. The first-order valence-electron chi connectivity index (χ1n) is 22.9. The third kappa shape index (κ3) is 5.78. The Labute approximate surface area is 403 Å². The second-order valence-corrected chi connectivity index (χ2v) is 23.6. The summed E-state index contributed by atoms with van der Waals surface area (Å²) in [6.07, 6.45) is 0. The first kappa shape index (κ1) is 40.2. The summed E-state index contributed by atoms with van der Waals surface area (Å²) in [5.74, 6) is 0. The number of aryl methyl sites for hydroxylation is 6. The number of hydrogen-bond acceptors (Lipinski definition) is 4. The van der Waals surface area contributed by atoms with Gasteiger partial charge in [0.05, 0.1) is 10.8 Å². The summed E-state index contributed by atoms with van der Waals surface area (Å²) in [7, 11) is 0. The smallest absolute Gasteiger partial charge is 0.0714 e. The third-order valence-corrected chi connectivity index (χ3v) is 19.2. The van der Waals surface area contributed by atoms with Crippen LogP contribution >= 0.6 is 45.3 Å². The quantitative estimate of drug-likeness (QED) is 0.156. The van der Waals surface area contributed by atoms with E-state index in [1.807, 2.05) is 45.3 Å². The summed E-state index contributed by atoms with van der Waals surface area (Å²) < 4.78 is 2.65. The SMILES string of the molecule is Cc1ccc(C2(c3ccc(C)cc3)c3cc4c(cc3-c3cc5sc(-c6ccc(C)s6)cc5cc32)C(c2ccc(C)cc2)(c2ccc(C)cc2)c2cc3cc(-c5ccc(C)s5)sc3cc2-4)cc1. The van der Waals surface area contributed by atoms with E-state index in [4.69, 9.17) is 0 Å². The van der Waals surface area contributed by atoms with E-state index < -0.39 is 10.8 Å². The Morgan fingerprint density at radius 2 is 0.576 bits per heavy atom. The zero-order valence-electron chi connectivity index (χ0n) is 37.8. The van der Waals surface area contributed by atoms with E-state index in [-0.39, 0.29) is 0 Å². The maximum absolute atomic E-state index is 2.64. The zero-order chi connectivity index (χ0) is 44.6. The van der Waals surface area contributed by atoms with Gasteiger partial charge in [0.2, 0.25) is 0 Å². The second-order valence-electron chi connectivity index (χ2n) is 18.8. The van der Waals surface area contributed by atoms with Crippen LogP contribution in [0.4, 0.5) is 0 Å². The van der Waals surface area contributed by atoms with Crippen molar-refractivity contribution in [2.24, 2.45) is 0 Å². The minimum absolute atomic E-state index is 0.562. The molecule has 2 aliphatic carbocycles. The van der Waals surface area contributed by atoms with Crippen molar-refractivity contribution in [1.82, 2.24) is 0 Å². The minimum Gasteiger partial charge on any atom is -0.140 e. The molecule has 0 saturated carbocycles. The summed E-state index contributed by atoms with van der Waals surface area (Å²) in [5, 5.41) is 2.61. The fourth-order valence-electron chi connectivity index (χ4n) is 11.4. The van der Waals surface area contributed by atoms with Crippen molar-refractivity contribution in [2.75, 3.05) is 0 Å². The normalized spacial score (nSPS) is 14.2. The van der Waals surface area contributed by atoms with Crippen molar-refractivity contribution in [3.63, 3.8) is 0 Å². The molecule has 13 rings (SSSR count). The van der Waals surface area contributed by atoms with Crippen molar-refractivity contribution in [1.29, 1.82) is 0 Å². The summed E-state index contributed by atoms with van der Waals surface area (Å²) in [4.78, 5) is 8.04. The highest BCUT2D eigenvalue weighted by Gasteiger charge is 2.52. The predicted molar refractivity (Wildman–Crippen MR) is 287 cm³/mol. The van der Waals surface area contributed by atoms with Gasteiger partial charge in [0.25, 0.3) is 0 Å². The highest BCUT2D eigenvalue weighted by molar-refractivity contribution is 7.26. The van der Waals surface area contributed by atoms with E-state index in [2.05, 4.69) is 211 Å². The van der Waals surface area contributed by atoms with Crippen molar-refractivity contribution in [2.45, 2.75) is 52.4 Å². The molecule has 7 aromatic carbocycles. The zero-order valence-corrected chi connectivity index (χ0v) is 41.1. The van der Waals surface area contributed by atoms with E-state index in [9.17, 15) is 0 Å². The van der Waals surface area contributed by atoms with Crippen LogP contribution in [-0.4, -0.2) is 0 Å². The highest BCUT2D eigenvalue weighted by Crippen LogP contribution is 2.64. The van der Waals surface area contributed by atoms with Gasteiger partial charge in [-0.2, -0.15) is 0 Å². The van der Waals surface area contributed by atoms with Gasteiger partial charge < -0.3 is 0 Å². The van der Waals surface area contributed by atoms with Crippen molar-refractivity contribution in [3.05, 3.63) is 246 Å². The van der Waals surface area contributed by atoms with Gasteiger partial charge >= 0.3 is 0 Å². The second kappa shape index (κ2) is 14.7. The van der Waals surface area contributed by atoms with Crippen LogP contribution in [0.2, 0.25) is 0 Å². The summed E-state index contributed by atoms with van der Waals surface area (Å²) in [6.45, 7) is 13.2. The number of rotatable bonds is 6. The molecule has 0 spiro atoms. The molecular formula is C62H46S4. The lowest BCUT2D eigenvalue weighted by Gasteiger charge is -2.36. The molecule has 0 amide bonds. The van der Waals surface area contributed by atoms with E-state index in [0.717, 1.165) is 0 Å². The van der Waals surface area contributed by atoms with Crippen molar-refractivity contribution >= 4 is 65.5 Å². The standard InChI is InChI=1S/C62H46S4/c1-35-7-17-43(18-8-35)61(44-19-9-36(2)10-20-44)51-27-41-29-59(55-25-15-39(5)63-55)65-57(41)33-49(51)47-32-54-48(31-53(47)61)50-34-58-42(30-60(66-58)56-26-16-40(6)64-56)28-52(50)62(54,45-21-11-37(3)12-22-45)46-23-13-38(4)14-24-46/h7-34H,1-6H3. The Morgan fingerprint density at radius 3 is 0.879 bits per heavy atom. The molecular weight excluding hydrogens is 873 g/mol. The van der Waals surface area contributed by atoms with Crippen LogP contribution in [0.15, 0.2) is 170 Å². The van der Waals surface area contributed by atoms with E-state index in [0.29, 0.717) is 0 Å². The molecule has 66 heavy (non-hydrogen) atoms. The number of fused-ring (bicyclic) bond motifs is 8. The minimum atomic E-state index is -0.562. The number of benzene rings is 7. The van der Waals surface area contributed by atoms with Crippen LogP contribution in [0.5, 0.6) is 0 Å². The van der Waals surface area contributed by atoms with Gasteiger partial charge in [-0.15, -0.1) is 45.3 Å².